The summed E-state index contributed by atoms with van der Waals surface area (Å²) < 4.78 is 0. The van der Waals surface area contributed by atoms with E-state index in [4.69, 9.17) is 5.11 Å². The predicted molar refractivity (Wildman–Crippen MR) is 67.8 cm³/mol. The van der Waals surface area contributed by atoms with E-state index >= 15 is 0 Å². The van der Waals surface area contributed by atoms with Gasteiger partial charge in [0, 0.05) is 0 Å². The molecule has 2 amide bonds. The molecule has 0 aromatic heterocycles. The summed E-state index contributed by atoms with van der Waals surface area (Å²) >= 11 is 0. The van der Waals surface area contributed by atoms with Gasteiger partial charge >= 0.3 is 5.97 Å². The Kier molecular flexibility index (Phi) is 3.38. The minimum absolute atomic E-state index is 0.347. The second-order valence-electron chi connectivity index (χ2n) is 4.62. The fraction of sp³-hybridized carbons (Fsp3) is 0.357. The van der Waals surface area contributed by atoms with Gasteiger partial charge in [0.15, 0.2) is 0 Å². The molecule has 0 saturated carbocycles. The second-order valence-corrected chi connectivity index (χ2v) is 4.62. The Morgan fingerprint density at radius 2 is 1.68 bits per heavy atom. The highest BCUT2D eigenvalue weighted by atomic mass is 16.4. The molecule has 2 unspecified atom stereocenters. The smallest absolute Gasteiger partial charge is 0.308 e. The maximum Gasteiger partial charge on any atom is 0.308 e. The Morgan fingerprint density at radius 1 is 1.21 bits per heavy atom. The summed E-state index contributed by atoms with van der Waals surface area (Å²) in [6, 6.07) is 5.89. The third-order valence-corrected chi connectivity index (χ3v) is 3.57. The first kappa shape index (κ1) is 13.3. The average molecular weight is 261 g/mol. The quantitative estimate of drug-likeness (QED) is 0.838. The number of carboxylic acids is 1. The SMILES string of the molecule is CCC(C(=O)O)C(C)N1C(=O)c2ccccc2C1=O. The number of aliphatic carboxylic acids is 1. The first-order valence-corrected chi connectivity index (χ1v) is 6.18. The van der Waals surface area contributed by atoms with Crippen molar-refractivity contribution in [3.8, 4) is 0 Å². The number of amides is 2. The van der Waals surface area contributed by atoms with Gasteiger partial charge in [-0.1, -0.05) is 19.1 Å². The summed E-state index contributed by atoms with van der Waals surface area (Å²) in [5.41, 5.74) is 0.694. The van der Waals surface area contributed by atoms with Crippen LogP contribution in [-0.4, -0.2) is 33.8 Å². The van der Waals surface area contributed by atoms with Gasteiger partial charge < -0.3 is 5.11 Å². The number of imide groups is 1. The Morgan fingerprint density at radius 3 is 2.05 bits per heavy atom. The molecule has 1 aliphatic rings. The molecule has 0 radical (unpaired) electrons. The molecule has 0 fully saturated rings. The lowest BCUT2D eigenvalue weighted by atomic mass is 9.97. The summed E-state index contributed by atoms with van der Waals surface area (Å²) in [5, 5.41) is 9.14. The van der Waals surface area contributed by atoms with Crippen molar-refractivity contribution in [2.75, 3.05) is 0 Å². The molecule has 19 heavy (non-hydrogen) atoms. The van der Waals surface area contributed by atoms with Gasteiger partial charge in [0.25, 0.3) is 11.8 Å². The van der Waals surface area contributed by atoms with Crippen LogP contribution in [-0.2, 0) is 4.79 Å². The summed E-state index contributed by atoms with van der Waals surface area (Å²) in [6.07, 6.45) is 0.365. The van der Waals surface area contributed by atoms with Gasteiger partial charge in [-0.3, -0.25) is 19.3 Å². The first-order valence-electron chi connectivity index (χ1n) is 6.18. The molecular weight excluding hydrogens is 246 g/mol. The molecular formula is C14H15NO4. The van der Waals surface area contributed by atoms with Crippen molar-refractivity contribution >= 4 is 17.8 Å². The van der Waals surface area contributed by atoms with Gasteiger partial charge in [0.05, 0.1) is 23.1 Å². The van der Waals surface area contributed by atoms with Gasteiger partial charge in [-0.05, 0) is 25.5 Å². The highest BCUT2D eigenvalue weighted by Gasteiger charge is 2.41. The van der Waals surface area contributed by atoms with E-state index in [2.05, 4.69) is 0 Å². The van der Waals surface area contributed by atoms with Crippen molar-refractivity contribution in [1.82, 2.24) is 4.90 Å². The van der Waals surface area contributed by atoms with Crippen LogP contribution in [0.15, 0.2) is 24.3 Å². The molecule has 0 bridgehead atoms. The van der Waals surface area contributed by atoms with E-state index in [0.717, 1.165) is 4.90 Å². The third kappa shape index (κ3) is 2.01. The minimum atomic E-state index is -0.994. The standard InChI is InChI=1S/C14H15NO4/c1-3-9(14(18)19)8(2)15-12(16)10-6-4-5-7-11(10)13(15)17/h4-9H,3H2,1-2H3,(H,18,19). The van der Waals surface area contributed by atoms with E-state index < -0.39 is 29.7 Å². The summed E-state index contributed by atoms with van der Waals surface area (Å²) in [4.78, 5) is 36.6. The lowest BCUT2D eigenvalue weighted by Gasteiger charge is -2.27. The minimum Gasteiger partial charge on any atom is -0.481 e. The lowest BCUT2D eigenvalue weighted by molar-refractivity contribution is -0.143. The van der Waals surface area contributed by atoms with Crippen LogP contribution in [0, 0.1) is 5.92 Å². The molecule has 1 aromatic rings. The van der Waals surface area contributed by atoms with Gasteiger partial charge in [-0.15, -0.1) is 0 Å². The number of fused-ring (bicyclic) bond motifs is 1. The fourth-order valence-corrected chi connectivity index (χ4v) is 2.48. The van der Waals surface area contributed by atoms with Crippen LogP contribution in [0.2, 0.25) is 0 Å². The molecule has 0 saturated heterocycles. The van der Waals surface area contributed by atoms with Crippen LogP contribution < -0.4 is 0 Å². The van der Waals surface area contributed by atoms with Crippen LogP contribution in [0.4, 0.5) is 0 Å². The normalized spacial score (nSPS) is 17.3. The number of benzene rings is 1. The molecule has 2 rings (SSSR count). The largest absolute Gasteiger partial charge is 0.481 e. The van der Waals surface area contributed by atoms with Gasteiger partial charge in [-0.25, -0.2) is 0 Å². The van der Waals surface area contributed by atoms with Crippen molar-refractivity contribution < 1.29 is 19.5 Å². The van der Waals surface area contributed by atoms with Crippen molar-refractivity contribution in [2.24, 2.45) is 5.92 Å². The zero-order chi connectivity index (χ0) is 14.2. The Bertz CT molecular complexity index is 517. The number of hydrogen-bond donors (Lipinski definition) is 1. The number of carbonyl (C=O) groups excluding carboxylic acids is 2. The molecule has 1 heterocycles. The van der Waals surface area contributed by atoms with Gasteiger partial charge in [0.1, 0.15) is 0 Å². The topological polar surface area (TPSA) is 74.7 Å². The van der Waals surface area contributed by atoms with E-state index in [1.807, 2.05) is 0 Å². The zero-order valence-electron chi connectivity index (χ0n) is 10.8. The second kappa shape index (κ2) is 4.84. The van der Waals surface area contributed by atoms with Crippen LogP contribution in [0.3, 0.4) is 0 Å². The molecule has 0 aliphatic carbocycles. The molecule has 5 nitrogen and oxygen atoms in total. The van der Waals surface area contributed by atoms with Gasteiger partial charge in [0.2, 0.25) is 0 Å². The molecule has 0 spiro atoms. The Balaban J connectivity index is 2.36. The number of carboxylic acid groups (broad SMARTS) is 1. The fourth-order valence-electron chi connectivity index (χ4n) is 2.48. The van der Waals surface area contributed by atoms with Crippen molar-refractivity contribution in [3.63, 3.8) is 0 Å². The third-order valence-electron chi connectivity index (χ3n) is 3.57. The summed E-state index contributed by atoms with van der Waals surface area (Å²) in [7, 11) is 0. The Labute approximate surface area is 110 Å². The monoisotopic (exact) mass is 261 g/mol. The van der Waals surface area contributed by atoms with Gasteiger partial charge in [-0.2, -0.15) is 0 Å². The zero-order valence-corrected chi connectivity index (χ0v) is 10.8. The molecule has 2 atom stereocenters. The molecule has 5 heteroatoms. The van der Waals surface area contributed by atoms with Crippen LogP contribution >= 0.6 is 0 Å². The van der Waals surface area contributed by atoms with E-state index in [0.29, 0.717) is 17.5 Å². The average Bonchev–Trinajstić information content (AvgIpc) is 2.63. The van der Waals surface area contributed by atoms with Crippen molar-refractivity contribution in [2.45, 2.75) is 26.3 Å². The maximum absolute atomic E-state index is 12.2. The highest BCUT2D eigenvalue weighted by molar-refractivity contribution is 6.21. The molecule has 1 aliphatic heterocycles. The van der Waals surface area contributed by atoms with Crippen molar-refractivity contribution in [3.05, 3.63) is 35.4 Å². The summed E-state index contributed by atoms with van der Waals surface area (Å²) in [6.45, 7) is 3.33. The summed E-state index contributed by atoms with van der Waals surface area (Å²) in [5.74, 6) is -2.56. The first-order chi connectivity index (χ1) is 8.99. The highest BCUT2D eigenvalue weighted by Crippen LogP contribution is 2.27. The molecule has 1 aromatic carbocycles. The predicted octanol–water partition coefficient (Wildman–Crippen LogP) is 1.78. The van der Waals surface area contributed by atoms with Crippen LogP contribution in [0.1, 0.15) is 41.0 Å². The molecule has 100 valence electrons. The molecule has 1 N–H and O–H groups in total. The maximum atomic E-state index is 12.2. The lowest BCUT2D eigenvalue weighted by Crippen LogP contribution is -2.44. The number of carbonyl (C=O) groups is 3. The van der Waals surface area contributed by atoms with Crippen LogP contribution in [0.5, 0.6) is 0 Å². The number of nitrogens with zero attached hydrogens (tertiary/aromatic N) is 1. The van der Waals surface area contributed by atoms with E-state index in [1.165, 1.54) is 0 Å². The van der Waals surface area contributed by atoms with E-state index in [-0.39, 0.29) is 0 Å². The van der Waals surface area contributed by atoms with E-state index in [1.54, 1.807) is 38.1 Å². The van der Waals surface area contributed by atoms with Crippen LogP contribution in [0.25, 0.3) is 0 Å². The van der Waals surface area contributed by atoms with Crippen molar-refractivity contribution in [1.29, 1.82) is 0 Å². The Hall–Kier alpha value is -2.17. The number of hydrogen-bond acceptors (Lipinski definition) is 3. The number of rotatable bonds is 4. The van der Waals surface area contributed by atoms with E-state index in [9.17, 15) is 14.4 Å².